The van der Waals surface area contributed by atoms with Gasteiger partial charge in [-0.3, -0.25) is 19.2 Å². The van der Waals surface area contributed by atoms with Gasteiger partial charge in [-0.15, -0.1) is 0 Å². The summed E-state index contributed by atoms with van der Waals surface area (Å²) in [6.07, 6.45) is -0.540. The molecule has 13 heteroatoms. The lowest BCUT2D eigenvalue weighted by atomic mass is 10.0. The fourth-order valence-corrected chi connectivity index (χ4v) is 2.92. The van der Waals surface area contributed by atoms with E-state index in [0.717, 1.165) is 0 Å². The molecule has 0 saturated heterocycles. The molecule has 8 N–H and O–H groups in total. The van der Waals surface area contributed by atoms with Crippen LogP contribution in [0.2, 0.25) is 0 Å². The van der Waals surface area contributed by atoms with Crippen LogP contribution in [0.1, 0.15) is 18.4 Å². The molecule has 33 heavy (non-hydrogen) atoms. The maximum atomic E-state index is 12.7. The zero-order valence-corrected chi connectivity index (χ0v) is 18.5. The van der Waals surface area contributed by atoms with Crippen LogP contribution in [0.15, 0.2) is 30.3 Å². The summed E-state index contributed by atoms with van der Waals surface area (Å²) in [6, 6.07) is 3.37. The van der Waals surface area contributed by atoms with Crippen LogP contribution in [0.3, 0.4) is 0 Å². The summed E-state index contributed by atoms with van der Waals surface area (Å²) in [7, 11) is 0. The van der Waals surface area contributed by atoms with E-state index in [4.69, 9.17) is 15.9 Å². The summed E-state index contributed by atoms with van der Waals surface area (Å²) in [5.41, 5.74) is 6.27. The van der Waals surface area contributed by atoms with E-state index in [2.05, 4.69) is 28.6 Å². The number of carboxylic acid groups (broad SMARTS) is 2. The molecule has 1 aromatic carbocycles. The van der Waals surface area contributed by atoms with Crippen molar-refractivity contribution >= 4 is 42.3 Å². The van der Waals surface area contributed by atoms with Crippen molar-refractivity contribution in [3.8, 4) is 0 Å². The number of thiol groups is 1. The Morgan fingerprint density at radius 2 is 1.42 bits per heavy atom. The number of hydrogen-bond acceptors (Lipinski definition) is 8. The fraction of sp³-hybridized carbons (Fsp3) is 0.450. The third-order valence-corrected chi connectivity index (χ3v) is 4.90. The monoisotopic (exact) mass is 484 g/mol. The van der Waals surface area contributed by atoms with Crippen LogP contribution in [0.25, 0.3) is 0 Å². The number of carbonyl (C=O) groups excluding carboxylic acids is 3. The number of aliphatic carboxylic acids is 2. The van der Waals surface area contributed by atoms with Crippen molar-refractivity contribution in [1.82, 2.24) is 16.0 Å². The molecule has 0 heterocycles. The van der Waals surface area contributed by atoms with Crippen LogP contribution in [-0.4, -0.2) is 81.5 Å². The molecule has 0 aliphatic carbocycles. The van der Waals surface area contributed by atoms with Gasteiger partial charge in [0.05, 0.1) is 12.6 Å². The van der Waals surface area contributed by atoms with Crippen LogP contribution in [0.4, 0.5) is 0 Å². The van der Waals surface area contributed by atoms with Gasteiger partial charge in [-0.25, -0.2) is 4.79 Å². The van der Waals surface area contributed by atoms with E-state index in [1.807, 2.05) is 0 Å². The van der Waals surface area contributed by atoms with E-state index in [9.17, 15) is 29.1 Å². The van der Waals surface area contributed by atoms with Crippen LogP contribution in [-0.2, 0) is 30.4 Å². The van der Waals surface area contributed by atoms with Crippen LogP contribution in [0.5, 0.6) is 0 Å². The number of rotatable bonds is 14. The molecule has 0 aliphatic rings. The highest BCUT2D eigenvalue weighted by Gasteiger charge is 2.30. The average molecular weight is 485 g/mol. The van der Waals surface area contributed by atoms with Crippen molar-refractivity contribution in [2.24, 2.45) is 5.73 Å². The van der Waals surface area contributed by atoms with E-state index in [1.165, 1.54) is 0 Å². The third kappa shape index (κ3) is 9.89. The summed E-state index contributed by atoms with van der Waals surface area (Å²) in [5, 5.41) is 34.3. The van der Waals surface area contributed by atoms with Crippen LogP contribution < -0.4 is 21.7 Å². The summed E-state index contributed by atoms with van der Waals surface area (Å²) >= 11 is 3.89. The maximum absolute atomic E-state index is 12.7. The highest BCUT2D eigenvalue weighted by atomic mass is 32.1. The molecule has 4 atom stereocenters. The maximum Gasteiger partial charge on any atom is 0.327 e. The van der Waals surface area contributed by atoms with Crippen molar-refractivity contribution in [3.05, 3.63) is 35.9 Å². The fourth-order valence-electron chi connectivity index (χ4n) is 2.67. The number of amides is 3. The zero-order valence-electron chi connectivity index (χ0n) is 17.6. The van der Waals surface area contributed by atoms with Crippen LogP contribution in [0, 0.1) is 0 Å². The largest absolute Gasteiger partial charge is 0.481 e. The van der Waals surface area contributed by atoms with Gasteiger partial charge in [-0.2, -0.15) is 12.6 Å². The first-order chi connectivity index (χ1) is 15.6. The molecule has 4 unspecified atom stereocenters. The molecule has 0 radical (unpaired) electrons. The Kier molecular flexibility index (Phi) is 11.9. The first kappa shape index (κ1) is 27.9. The SMILES string of the molecule is NC(CCC(=O)O)C(=O)NC(CO)C(=O)NC(Cc1ccccc1)C(=O)NC(CS)C(=O)O. The third-order valence-electron chi connectivity index (χ3n) is 4.53. The lowest BCUT2D eigenvalue weighted by Gasteiger charge is -2.24. The summed E-state index contributed by atoms with van der Waals surface area (Å²) in [5.74, 6) is -5.20. The van der Waals surface area contributed by atoms with Crippen molar-refractivity contribution in [3.63, 3.8) is 0 Å². The van der Waals surface area contributed by atoms with Gasteiger partial charge >= 0.3 is 11.9 Å². The molecule has 1 aromatic rings. The Morgan fingerprint density at radius 3 is 1.94 bits per heavy atom. The van der Waals surface area contributed by atoms with E-state index >= 15 is 0 Å². The summed E-state index contributed by atoms with van der Waals surface area (Å²) in [4.78, 5) is 59.3. The normalized spacial score (nSPS) is 14.3. The molecule has 1 rings (SSSR count). The molecule has 12 nitrogen and oxygen atoms in total. The van der Waals surface area contributed by atoms with Crippen molar-refractivity contribution in [1.29, 1.82) is 0 Å². The van der Waals surface area contributed by atoms with Crippen LogP contribution >= 0.6 is 12.6 Å². The van der Waals surface area contributed by atoms with E-state index < -0.39 is 60.4 Å². The Morgan fingerprint density at radius 1 is 0.879 bits per heavy atom. The standard InChI is InChI=1S/C20H28N4O8S/c21-12(6-7-16(26)27)17(28)23-14(9-25)19(30)22-13(8-11-4-2-1-3-5-11)18(29)24-15(10-33)20(31)32/h1-5,12-15,25,33H,6-10,21H2,(H,22,30)(H,23,28)(H,24,29)(H,26,27)(H,31,32). The zero-order chi connectivity index (χ0) is 25.0. The van der Waals surface area contributed by atoms with Crippen molar-refractivity contribution < 1.29 is 39.3 Å². The number of carboxylic acids is 2. The number of nitrogens with two attached hydrogens (primary N) is 1. The highest BCUT2D eigenvalue weighted by molar-refractivity contribution is 7.80. The number of hydrogen-bond donors (Lipinski definition) is 8. The van der Waals surface area contributed by atoms with E-state index in [-0.39, 0.29) is 25.0 Å². The molecule has 0 aromatic heterocycles. The minimum atomic E-state index is -1.47. The molecular formula is C20H28N4O8S. The molecule has 182 valence electrons. The molecule has 0 aliphatic heterocycles. The minimum Gasteiger partial charge on any atom is -0.481 e. The Hall–Kier alpha value is -3.16. The first-order valence-electron chi connectivity index (χ1n) is 9.96. The van der Waals surface area contributed by atoms with Crippen molar-refractivity contribution in [2.45, 2.75) is 43.4 Å². The Balaban J connectivity index is 2.92. The lowest BCUT2D eigenvalue weighted by Crippen LogP contribution is -2.58. The number of nitrogens with one attached hydrogen (secondary N) is 3. The molecule has 0 spiro atoms. The molecule has 3 amide bonds. The van der Waals surface area contributed by atoms with Gasteiger partial charge in [0.2, 0.25) is 17.7 Å². The van der Waals surface area contributed by atoms with Gasteiger partial charge in [0.25, 0.3) is 0 Å². The van der Waals surface area contributed by atoms with Crippen molar-refractivity contribution in [2.75, 3.05) is 12.4 Å². The number of aliphatic hydroxyl groups excluding tert-OH is 1. The summed E-state index contributed by atoms with van der Waals surface area (Å²) < 4.78 is 0. The highest BCUT2D eigenvalue weighted by Crippen LogP contribution is 2.05. The number of carbonyl (C=O) groups is 5. The second-order valence-corrected chi connectivity index (χ2v) is 7.48. The Labute approximate surface area is 195 Å². The van der Waals surface area contributed by atoms with Gasteiger partial charge in [-0.05, 0) is 12.0 Å². The quantitative estimate of drug-likeness (QED) is 0.136. The Bertz CT molecular complexity index is 839. The minimum absolute atomic E-state index is 0.00153. The topological polar surface area (TPSA) is 208 Å². The number of aliphatic hydroxyl groups is 1. The first-order valence-corrected chi connectivity index (χ1v) is 10.6. The second kappa shape index (κ2) is 14.1. The van der Waals surface area contributed by atoms with Gasteiger partial charge in [0.1, 0.15) is 18.1 Å². The van der Waals surface area contributed by atoms with Gasteiger partial charge in [-0.1, -0.05) is 30.3 Å². The van der Waals surface area contributed by atoms with E-state index in [1.54, 1.807) is 30.3 Å². The lowest BCUT2D eigenvalue weighted by molar-refractivity contribution is -0.141. The molecule has 0 bridgehead atoms. The predicted octanol–water partition coefficient (Wildman–Crippen LogP) is -2.12. The number of benzene rings is 1. The van der Waals surface area contributed by atoms with E-state index in [0.29, 0.717) is 5.56 Å². The predicted molar refractivity (Wildman–Crippen MR) is 119 cm³/mol. The molecule has 0 saturated carbocycles. The van der Waals surface area contributed by atoms with Gasteiger partial charge in [0.15, 0.2) is 0 Å². The smallest absolute Gasteiger partial charge is 0.327 e. The average Bonchev–Trinajstić information content (AvgIpc) is 2.78. The van der Waals surface area contributed by atoms with Gasteiger partial charge in [0, 0.05) is 18.6 Å². The molecular weight excluding hydrogens is 456 g/mol. The second-order valence-electron chi connectivity index (χ2n) is 7.12. The molecule has 0 fully saturated rings. The van der Waals surface area contributed by atoms with Gasteiger partial charge < -0.3 is 37.0 Å². The summed E-state index contributed by atoms with van der Waals surface area (Å²) in [6.45, 7) is -0.822.